The van der Waals surface area contributed by atoms with Gasteiger partial charge in [-0.3, -0.25) is 0 Å². The second-order valence-corrected chi connectivity index (χ2v) is 10.6. The van der Waals surface area contributed by atoms with Crippen molar-refractivity contribution in [1.82, 2.24) is 39.1 Å². The first kappa shape index (κ1) is 25.6. The maximum atomic E-state index is 13.4. The van der Waals surface area contributed by atoms with Crippen LogP contribution in [0.4, 0.5) is 19.0 Å². The molecule has 4 aromatic heterocycles. The van der Waals surface area contributed by atoms with Gasteiger partial charge in [-0.25, -0.2) is 29.4 Å². The van der Waals surface area contributed by atoms with Crippen LogP contribution in [0, 0.1) is 0 Å². The minimum absolute atomic E-state index is 0.370. The Labute approximate surface area is 233 Å². The highest BCUT2D eigenvalue weighted by atomic mass is 19.4. The summed E-state index contributed by atoms with van der Waals surface area (Å²) in [6.45, 7) is 3.04. The Morgan fingerprint density at radius 1 is 1.07 bits per heavy atom. The molecule has 0 spiro atoms. The number of aromatic nitrogens is 8. The monoisotopic (exact) mass is 559 g/mol. The molecular weight excluding hydrogens is 531 g/mol. The highest BCUT2D eigenvalue weighted by Gasteiger charge is 2.35. The average molecular weight is 560 g/mol. The first-order valence-corrected chi connectivity index (χ1v) is 13.9. The van der Waals surface area contributed by atoms with Gasteiger partial charge in [0.15, 0.2) is 23.0 Å². The van der Waals surface area contributed by atoms with Gasteiger partial charge in [0.1, 0.15) is 12.2 Å². The molecule has 1 aliphatic heterocycles. The van der Waals surface area contributed by atoms with Crippen LogP contribution in [-0.2, 0) is 32.1 Å². The lowest BCUT2D eigenvalue weighted by Gasteiger charge is -2.17. The third-order valence-electron chi connectivity index (χ3n) is 7.76. The van der Waals surface area contributed by atoms with E-state index in [1.807, 2.05) is 12.1 Å². The minimum atomic E-state index is -4.48. The zero-order valence-electron chi connectivity index (χ0n) is 22.5. The summed E-state index contributed by atoms with van der Waals surface area (Å²) in [6, 6.07) is 5.86. The number of nitrogens with zero attached hydrogens (tertiary/aromatic N) is 8. The average Bonchev–Trinajstić information content (AvgIpc) is 3.54. The molecule has 0 atom stereocenters. The molecule has 0 saturated heterocycles. The normalized spacial score (nSPS) is 15.3. The molecular formula is C29H28F3N9. The second kappa shape index (κ2) is 9.93. The molecule has 0 amide bonds. The first-order chi connectivity index (χ1) is 19.9. The van der Waals surface area contributed by atoms with Crippen molar-refractivity contribution in [3.63, 3.8) is 0 Å². The molecule has 1 saturated carbocycles. The molecule has 12 heteroatoms. The molecule has 1 fully saturated rings. The zero-order valence-corrected chi connectivity index (χ0v) is 22.5. The van der Waals surface area contributed by atoms with E-state index in [4.69, 9.17) is 10.1 Å². The summed E-state index contributed by atoms with van der Waals surface area (Å²) < 4.78 is 43.5. The predicted molar refractivity (Wildman–Crippen MR) is 146 cm³/mol. The van der Waals surface area contributed by atoms with Gasteiger partial charge in [-0.2, -0.15) is 13.2 Å². The van der Waals surface area contributed by atoms with Crippen molar-refractivity contribution in [3.8, 4) is 22.8 Å². The summed E-state index contributed by atoms with van der Waals surface area (Å²) in [7, 11) is 0. The maximum Gasteiger partial charge on any atom is 0.434 e. The van der Waals surface area contributed by atoms with E-state index < -0.39 is 11.9 Å². The standard InChI is InChI=1S/C29H28F3N9/c1-2-21-23(24(18-7-8-18)36-16-35-21)25-38-26(28-33-10-12-41(28)39-25)34-14-17-6-9-20-19(13-17)5-3-4-11-40-15-22(29(30,31)32)37-27(20)40/h6,9-10,12-13,15-16,18H,2-5,7-8,11,14H2,1H3,(H,34,38,39). The molecule has 1 aliphatic carbocycles. The minimum Gasteiger partial charge on any atom is -0.363 e. The van der Waals surface area contributed by atoms with Gasteiger partial charge in [0.25, 0.3) is 0 Å². The quantitative estimate of drug-likeness (QED) is 0.279. The van der Waals surface area contributed by atoms with Gasteiger partial charge in [0, 0.05) is 43.2 Å². The summed E-state index contributed by atoms with van der Waals surface area (Å²) in [5.74, 6) is 1.92. The molecule has 0 bridgehead atoms. The van der Waals surface area contributed by atoms with E-state index in [0.29, 0.717) is 42.1 Å². The Balaban J connectivity index is 1.22. The van der Waals surface area contributed by atoms with Crippen molar-refractivity contribution >= 4 is 11.5 Å². The van der Waals surface area contributed by atoms with Gasteiger partial charge in [0.2, 0.25) is 0 Å². The van der Waals surface area contributed by atoms with Crippen LogP contribution < -0.4 is 5.32 Å². The highest BCUT2D eigenvalue weighted by Crippen LogP contribution is 2.43. The lowest BCUT2D eigenvalue weighted by molar-refractivity contribution is -0.140. The number of benzene rings is 1. The number of hydrogen-bond acceptors (Lipinski definition) is 7. The second-order valence-electron chi connectivity index (χ2n) is 10.6. The summed E-state index contributed by atoms with van der Waals surface area (Å²) >= 11 is 0. The molecule has 9 nitrogen and oxygen atoms in total. The van der Waals surface area contributed by atoms with E-state index in [-0.39, 0.29) is 0 Å². The molecule has 2 aliphatic rings. The third kappa shape index (κ3) is 4.81. The van der Waals surface area contributed by atoms with Crippen LogP contribution in [0.1, 0.15) is 66.7 Å². The van der Waals surface area contributed by atoms with Crippen molar-refractivity contribution in [2.75, 3.05) is 5.32 Å². The van der Waals surface area contributed by atoms with Crippen molar-refractivity contribution in [1.29, 1.82) is 0 Å². The van der Waals surface area contributed by atoms with E-state index in [9.17, 15) is 13.2 Å². The van der Waals surface area contributed by atoms with Crippen molar-refractivity contribution < 1.29 is 13.2 Å². The highest BCUT2D eigenvalue weighted by molar-refractivity contribution is 5.69. The SMILES string of the molecule is CCc1ncnc(C2CC2)c1-c1nc(NCc2ccc3c(c2)CCCCn2cc(C(F)(F)F)nc2-3)c2nccn2n1. The number of alkyl halides is 3. The fourth-order valence-corrected chi connectivity index (χ4v) is 5.57. The number of fused-ring (bicyclic) bond motifs is 4. The molecule has 5 aromatic rings. The summed E-state index contributed by atoms with van der Waals surface area (Å²) in [5, 5.41) is 8.19. The Bertz CT molecular complexity index is 1750. The molecule has 7 rings (SSSR count). The number of imidazole rings is 2. The lowest BCUT2D eigenvalue weighted by Crippen LogP contribution is -2.11. The van der Waals surface area contributed by atoms with Crippen molar-refractivity contribution in [2.45, 2.75) is 70.6 Å². The van der Waals surface area contributed by atoms with Gasteiger partial charge in [0.05, 0.1) is 17.0 Å². The van der Waals surface area contributed by atoms with Crippen LogP contribution in [0.15, 0.2) is 43.1 Å². The van der Waals surface area contributed by atoms with Crippen LogP contribution in [0.2, 0.25) is 0 Å². The Morgan fingerprint density at radius 2 is 1.95 bits per heavy atom. The van der Waals surface area contributed by atoms with Gasteiger partial charge >= 0.3 is 6.18 Å². The van der Waals surface area contributed by atoms with E-state index >= 15 is 0 Å². The topological polar surface area (TPSA) is 98.7 Å². The lowest BCUT2D eigenvalue weighted by atomic mass is 9.97. The maximum absolute atomic E-state index is 13.4. The summed E-state index contributed by atoms with van der Waals surface area (Å²) in [6.07, 6.45) is 7.14. The van der Waals surface area contributed by atoms with Crippen LogP contribution in [0.3, 0.4) is 0 Å². The van der Waals surface area contributed by atoms with Gasteiger partial charge in [-0.1, -0.05) is 25.1 Å². The smallest absolute Gasteiger partial charge is 0.363 e. The fraction of sp³-hybridized carbons (Fsp3) is 0.379. The Morgan fingerprint density at radius 3 is 2.76 bits per heavy atom. The predicted octanol–water partition coefficient (Wildman–Crippen LogP) is 5.85. The molecule has 5 heterocycles. The molecule has 1 N–H and O–H groups in total. The van der Waals surface area contributed by atoms with Gasteiger partial charge < -0.3 is 9.88 Å². The number of hydrogen-bond donors (Lipinski definition) is 1. The molecule has 1 aromatic carbocycles. The van der Waals surface area contributed by atoms with E-state index in [0.717, 1.165) is 78.4 Å². The molecule has 210 valence electrons. The number of nitrogens with one attached hydrogen (secondary N) is 1. The van der Waals surface area contributed by atoms with E-state index in [1.165, 1.54) is 0 Å². The first-order valence-electron chi connectivity index (χ1n) is 13.9. The van der Waals surface area contributed by atoms with Crippen LogP contribution in [0.25, 0.3) is 28.4 Å². The van der Waals surface area contributed by atoms with Crippen LogP contribution in [0.5, 0.6) is 0 Å². The third-order valence-corrected chi connectivity index (χ3v) is 7.76. The fourth-order valence-electron chi connectivity index (χ4n) is 5.57. The van der Waals surface area contributed by atoms with Crippen LogP contribution >= 0.6 is 0 Å². The number of halogens is 3. The Kier molecular flexibility index (Phi) is 6.20. The van der Waals surface area contributed by atoms with Crippen LogP contribution in [-0.4, -0.2) is 39.1 Å². The number of rotatable bonds is 6. The summed E-state index contributed by atoms with van der Waals surface area (Å²) in [4.78, 5) is 22.5. The molecule has 0 unspecified atom stereocenters. The largest absolute Gasteiger partial charge is 0.434 e. The zero-order chi connectivity index (χ0) is 28.1. The van der Waals surface area contributed by atoms with Crippen molar-refractivity contribution in [3.05, 3.63) is 71.3 Å². The summed E-state index contributed by atoms with van der Waals surface area (Å²) in [5.41, 5.74) is 5.27. The molecule has 0 radical (unpaired) electrons. The van der Waals surface area contributed by atoms with Gasteiger partial charge in [-0.05, 0) is 49.7 Å². The van der Waals surface area contributed by atoms with E-state index in [1.54, 1.807) is 27.8 Å². The molecule has 41 heavy (non-hydrogen) atoms. The van der Waals surface area contributed by atoms with Crippen molar-refractivity contribution in [2.24, 2.45) is 0 Å². The number of anilines is 1. The van der Waals surface area contributed by atoms with Gasteiger partial charge in [-0.15, -0.1) is 5.10 Å². The van der Waals surface area contributed by atoms with E-state index in [2.05, 4.69) is 38.2 Å². The Hall–Kier alpha value is -4.35. The number of aryl methyl sites for hydroxylation is 3.